The number of hydrogen-bond donors (Lipinski definition) is 1. The second-order valence-electron chi connectivity index (χ2n) is 5.36. The van der Waals surface area contributed by atoms with Gasteiger partial charge in [0.2, 0.25) is 0 Å². The Kier molecular flexibility index (Phi) is 5.72. The summed E-state index contributed by atoms with van der Waals surface area (Å²) in [7, 11) is 0. The number of carbonyl (C=O) groups excluding carboxylic acids is 2. The van der Waals surface area contributed by atoms with Crippen LogP contribution in [0.5, 0.6) is 0 Å². The standard InChI is InChI=1S/C16H22N2O3/c1-2-12-10-17-9-8-14(12)16(20)21-11-15(19)18-13-6-4-3-5-7-13/h8-10,13H,2-7,11H2,1H3,(H,18,19). The molecule has 1 N–H and O–H groups in total. The highest BCUT2D eigenvalue weighted by Crippen LogP contribution is 2.17. The molecule has 1 fully saturated rings. The molecular weight excluding hydrogens is 268 g/mol. The quantitative estimate of drug-likeness (QED) is 0.845. The summed E-state index contributed by atoms with van der Waals surface area (Å²) in [6.07, 6.45) is 9.49. The number of aryl methyl sites for hydroxylation is 1. The largest absolute Gasteiger partial charge is 0.452 e. The van der Waals surface area contributed by atoms with E-state index in [2.05, 4.69) is 10.3 Å². The smallest absolute Gasteiger partial charge is 0.339 e. The summed E-state index contributed by atoms with van der Waals surface area (Å²) in [6, 6.07) is 1.86. The van der Waals surface area contributed by atoms with Crippen molar-refractivity contribution in [3.05, 3.63) is 29.6 Å². The molecule has 1 aromatic heterocycles. The van der Waals surface area contributed by atoms with Gasteiger partial charge >= 0.3 is 5.97 Å². The Morgan fingerprint density at radius 1 is 1.33 bits per heavy atom. The SMILES string of the molecule is CCc1cnccc1C(=O)OCC(=O)NC1CCCCC1. The molecule has 0 unspecified atom stereocenters. The predicted octanol–water partition coefficient (Wildman–Crippen LogP) is 2.25. The third-order valence-electron chi connectivity index (χ3n) is 3.81. The highest BCUT2D eigenvalue weighted by Gasteiger charge is 2.17. The van der Waals surface area contributed by atoms with Gasteiger partial charge in [-0.3, -0.25) is 9.78 Å². The summed E-state index contributed by atoms with van der Waals surface area (Å²) < 4.78 is 5.10. The van der Waals surface area contributed by atoms with Crippen LogP contribution >= 0.6 is 0 Å². The Morgan fingerprint density at radius 2 is 2.10 bits per heavy atom. The second-order valence-corrected chi connectivity index (χ2v) is 5.36. The van der Waals surface area contributed by atoms with Crippen molar-refractivity contribution in [2.45, 2.75) is 51.5 Å². The topological polar surface area (TPSA) is 68.3 Å². The summed E-state index contributed by atoms with van der Waals surface area (Å²) in [5.74, 6) is -0.685. The van der Waals surface area contributed by atoms with Crippen molar-refractivity contribution in [3.8, 4) is 0 Å². The van der Waals surface area contributed by atoms with E-state index < -0.39 is 5.97 Å². The van der Waals surface area contributed by atoms with E-state index in [9.17, 15) is 9.59 Å². The van der Waals surface area contributed by atoms with Crippen molar-refractivity contribution in [2.75, 3.05) is 6.61 Å². The van der Waals surface area contributed by atoms with Gasteiger partial charge in [0.1, 0.15) is 0 Å². The minimum absolute atomic E-state index is 0.220. The predicted molar refractivity (Wildman–Crippen MR) is 78.9 cm³/mol. The number of esters is 1. The highest BCUT2D eigenvalue weighted by atomic mass is 16.5. The van der Waals surface area contributed by atoms with Crippen molar-refractivity contribution < 1.29 is 14.3 Å². The fraction of sp³-hybridized carbons (Fsp3) is 0.562. The van der Waals surface area contributed by atoms with Crippen LogP contribution in [0.3, 0.4) is 0 Å². The molecule has 1 saturated carbocycles. The van der Waals surface area contributed by atoms with Gasteiger partial charge in [-0.1, -0.05) is 26.2 Å². The van der Waals surface area contributed by atoms with Gasteiger partial charge in [0.15, 0.2) is 6.61 Å². The number of aromatic nitrogens is 1. The van der Waals surface area contributed by atoms with Crippen LogP contribution in [0.25, 0.3) is 0 Å². The van der Waals surface area contributed by atoms with Gasteiger partial charge in [0, 0.05) is 18.4 Å². The zero-order valence-electron chi connectivity index (χ0n) is 12.4. The van der Waals surface area contributed by atoms with Gasteiger partial charge in [-0.05, 0) is 30.9 Å². The van der Waals surface area contributed by atoms with Crippen molar-refractivity contribution >= 4 is 11.9 Å². The van der Waals surface area contributed by atoms with Crippen LogP contribution in [0.15, 0.2) is 18.5 Å². The molecule has 1 aromatic rings. The molecule has 114 valence electrons. The lowest BCUT2D eigenvalue weighted by molar-refractivity contribution is -0.125. The molecule has 1 heterocycles. The molecule has 0 saturated heterocycles. The van der Waals surface area contributed by atoms with Gasteiger partial charge in [0.05, 0.1) is 5.56 Å². The minimum Gasteiger partial charge on any atom is -0.452 e. The summed E-state index contributed by atoms with van der Waals surface area (Å²) in [6.45, 7) is 1.73. The Hall–Kier alpha value is -1.91. The normalized spacial score (nSPS) is 15.5. The molecule has 1 aliphatic rings. The van der Waals surface area contributed by atoms with Gasteiger partial charge in [-0.25, -0.2) is 4.79 Å². The van der Waals surface area contributed by atoms with Crippen molar-refractivity contribution in [3.63, 3.8) is 0 Å². The Labute approximate surface area is 125 Å². The number of pyridine rings is 1. The highest BCUT2D eigenvalue weighted by molar-refractivity contribution is 5.92. The van der Waals surface area contributed by atoms with Crippen LogP contribution in [0, 0.1) is 0 Å². The maximum atomic E-state index is 12.0. The van der Waals surface area contributed by atoms with E-state index in [1.165, 1.54) is 6.42 Å². The van der Waals surface area contributed by atoms with E-state index in [0.717, 1.165) is 31.2 Å². The summed E-state index contributed by atoms with van der Waals surface area (Å²) >= 11 is 0. The van der Waals surface area contributed by atoms with Gasteiger partial charge in [-0.15, -0.1) is 0 Å². The lowest BCUT2D eigenvalue weighted by Gasteiger charge is -2.22. The molecule has 0 aliphatic heterocycles. The molecule has 2 rings (SSSR count). The number of carbonyl (C=O) groups is 2. The summed E-state index contributed by atoms with van der Waals surface area (Å²) in [5, 5.41) is 2.93. The van der Waals surface area contributed by atoms with Crippen LogP contribution in [-0.4, -0.2) is 29.5 Å². The molecule has 1 amide bonds. The fourth-order valence-corrected chi connectivity index (χ4v) is 2.63. The monoisotopic (exact) mass is 290 g/mol. The van der Waals surface area contributed by atoms with Gasteiger partial charge < -0.3 is 10.1 Å². The first kappa shape index (κ1) is 15.5. The zero-order chi connectivity index (χ0) is 15.1. The number of rotatable bonds is 5. The summed E-state index contributed by atoms with van der Waals surface area (Å²) in [5.41, 5.74) is 1.31. The number of ether oxygens (including phenoxy) is 1. The first-order valence-corrected chi connectivity index (χ1v) is 7.60. The van der Waals surface area contributed by atoms with Crippen LogP contribution in [0.4, 0.5) is 0 Å². The molecule has 5 heteroatoms. The van der Waals surface area contributed by atoms with Crippen LogP contribution in [0.1, 0.15) is 54.9 Å². The van der Waals surface area contributed by atoms with Crippen LogP contribution in [-0.2, 0) is 16.0 Å². The second kappa shape index (κ2) is 7.76. The maximum absolute atomic E-state index is 12.0. The number of nitrogens with zero attached hydrogens (tertiary/aromatic N) is 1. The lowest BCUT2D eigenvalue weighted by Crippen LogP contribution is -2.38. The third-order valence-corrected chi connectivity index (χ3v) is 3.81. The van der Waals surface area contributed by atoms with Crippen molar-refractivity contribution in [2.24, 2.45) is 0 Å². The molecule has 0 spiro atoms. The molecule has 5 nitrogen and oxygen atoms in total. The van der Waals surface area contributed by atoms with Gasteiger partial charge in [-0.2, -0.15) is 0 Å². The Balaban J connectivity index is 1.81. The van der Waals surface area contributed by atoms with E-state index in [1.807, 2.05) is 6.92 Å². The minimum atomic E-state index is -0.465. The molecule has 21 heavy (non-hydrogen) atoms. The van der Waals surface area contributed by atoms with Crippen molar-refractivity contribution in [1.82, 2.24) is 10.3 Å². The number of hydrogen-bond acceptors (Lipinski definition) is 4. The first-order valence-electron chi connectivity index (χ1n) is 7.60. The third kappa shape index (κ3) is 4.55. The Morgan fingerprint density at radius 3 is 2.81 bits per heavy atom. The molecule has 1 aliphatic carbocycles. The number of amides is 1. The van der Waals surface area contributed by atoms with E-state index >= 15 is 0 Å². The average Bonchev–Trinajstić information content (AvgIpc) is 2.53. The lowest BCUT2D eigenvalue weighted by atomic mass is 9.95. The molecular formula is C16H22N2O3. The van der Waals surface area contributed by atoms with E-state index in [4.69, 9.17) is 4.74 Å². The molecule has 0 aromatic carbocycles. The summed E-state index contributed by atoms with van der Waals surface area (Å²) in [4.78, 5) is 27.8. The van der Waals surface area contributed by atoms with E-state index in [-0.39, 0.29) is 18.6 Å². The van der Waals surface area contributed by atoms with E-state index in [1.54, 1.807) is 18.5 Å². The number of nitrogens with one attached hydrogen (secondary N) is 1. The average molecular weight is 290 g/mol. The molecule has 0 atom stereocenters. The fourth-order valence-electron chi connectivity index (χ4n) is 2.63. The first-order chi connectivity index (χ1) is 10.2. The van der Waals surface area contributed by atoms with Crippen LogP contribution < -0.4 is 5.32 Å². The maximum Gasteiger partial charge on any atom is 0.339 e. The molecule has 0 radical (unpaired) electrons. The zero-order valence-corrected chi connectivity index (χ0v) is 12.4. The van der Waals surface area contributed by atoms with Crippen molar-refractivity contribution in [1.29, 1.82) is 0 Å². The Bertz CT molecular complexity index is 496. The van der Waals surface area contributed by atoms with Gasteiger partial charge in [0.25, 0.3) is 5.91 Å². The molecule has 0 bridgehead atoms. The van der Waals surface area contributed by atoms with E-state index in [0.29, 0.717) is 12.0 Å². The van der Waals surface area contributed by atoms with Crippen LogP contribution in [0.2, 0.25) is 0 Å².